The van der Waals surface area contributed by atoms with Crippen molar-refractivity contribution in [1.82, 2.24) is 14.9 Å². The maximum absolute atomic E-state index is 15.1. The fraction of sp³-hybridized carbons (Fsp3) is 0.256. The number of carboxylic acid groups (broad SMARTS) is 1. The molecule has 7 nitrogen and oxygen atoms in total. The molecule has 1 aliphatic heterocycles. The van der Waals surface area contributed by atoms with Crippen molar-refractivity contribution >= 4 is 29.0 Å². The number of halogens is 2. The maximum atomic E-state index is 15.1. The lowest BCUT2D eigenvalue weighted by molar-refractivity contribution is -0.154. The molecular formula is C39H35F2N3O4S. The number of likely N-dealkylation sites (tertiary alicyclic amines) is 1. The average molecular weight is 680 g/mol. The van der Waals surface area contributed by atoms with Crippen molar-refractivity contribution in [1.29, 1.82) is 0 Å². The third kappa shape index (κ3) is 7.49. The molecule has 0 bridgehead atoms. The van der Waals surface area contributed by atoms with Crippen molar-refractivity contribution < 1.29 is 28.3 Å². The number of benzene rings is 3. The molecule has 1 amide bonds. The van der Waals surface area contributed by atoms with E-state index in [1.165, 1.54) is 40.8 Å². The van der Waals surface area contributed by atoms with Gasteiger partial charge in [0.2, 0.25) is 5.91 Å². The summed E-state index contributed by atoms with van der Waals surface area (Å²) in [6, 6.07) is 21.9. The van der Waals surface area contributed by atoms with Crippen LogP contribution in [0.4, 0.5) is 8.78 Å². The Labute approximate surface area is 287 Å². The van der Waals surface area contributed by atoms with E-state index in [-0.39, 0.29) is 36.6 Å². The monoisotopic (exact) mass is 679 g/mol. The van der Waals surface area contributed by atoms with E-state index in [0.717, 1.165) is 10.4 Å². The Morgan fingerprint density at radius 2 is 1.51 bits per heavy atom. The molecule has 1 N–H and O–H groups in total. The number of hydrogen-bond acceptors (Lipinski definition) is 6. The van der Waals surface area contributed by atoms with Crippen LogP contribution in [0.1, 0.15) is 47.3 Å². The van der Waals surface area contributed by atoms with Crippen LogP contribution in [0.2, 0.25) is 0 Å². The van der Waals surface area contributed by atoms with Crippen LogP contribution in [0, 0.1) is 23.5 Å². The largest absolute Gasteiger partial charge is 0.481 e. The number of nitrogens with zero attached hydrogens (tertiary/aromatic N) is 3. The van der Waals surface area contributed by atoms with Gasteiger partial charge in [-0.05, 0) is 47.2 Å². The van der Waals surface area contributed by atoms with Gasteiger partial charge in [0.15, 0.2) is 11.6 Å². The molecule has 1 atom stereocenters. The molecule has 6 rings (SSSR count). The fourth-order valence-electron chi connectivity index (χ4n) is 5.84. The zero-order chi connectivity index (χ0) is 34.9. The summed E-state index contributed by atoms with van der Waals surface area (Å²) in [6.45, 7) is 6.52. The first-order valence-corrected chi connectivity index (χ1v) is 16.8. The summed E-state index contributed by atoms with van der Waals surface area (Å²) < 4.78 is 29.3. The van der Waals surface area contributed by atoms with Crippen LogP contribution < -0.4 is 0 Å². The summed E-state index contributed by atoms with van der Waals surface area (Å²) in [4.78, 5) is 50.3. The molecule has 1 fully saturated rings. The van der Waals surface area contributed by atoms with Crippen LogP contribution in [0.15, 0.2) is 91.3 Å². The molecule has 2 aromatic heterocycles. The molecule has 1 saturated heterocycles. The van der Waals surface area contributed by atoms with Gasteiger partial charge in [-0.2, -0.15) is 0 Å². The van der Waals surface area contributed by atoms with Gasteiger partial charge in [0, 0.05) is 65.0 Å². The van der Waals surface area contributed by atoms with Gasteiger partial charge in [0.1, 0.15) is 11.6 Å². The Balaban J connectivity index is 1.16. The normalized spacial score (nSPS) is 13.9. The maximum Gasteiger partial charge on any atom is 0.310 e. The highest BCUT2D eigenvalue weighted by Gasteiger charge is 2.39. The molecular weight excluding hydrogens is 645 g/mol. The molecule has 10 heteroatoms. The lowest BCUT2D eigenvalue weighted by Crippen LogP contribution is -2.55. The summed E-state index contributed by atoms with van der Waals surface area (Å²) >= 11 is 1.44. The molecule has 250 valence electrons. The highest BCUT2D eigenvalue weighted by molar-refractivity contribution is 7.14. The van der Waals surface area contributed by atoms with Crippen molar-refractivity contribution in [2.45, 2.75) is 39.0 Å². The van der Waals surface area contributed by atoms with Gasteiger partial charge >= 0.3 is 5.97 Å². The smallest absolute Gasteiger partial charge is 0.310 e. The number of hydrogen-bond donors (Lipinski definition) is 1. The lowest BCUT2D eigenvalue weighted by atomic mass is 9.89. The Morgan fingerprint density at radius 1 is 0.857 bits per heavy atom. The van der Waals surface area contributed by atoms with Crippen LogP contribution in [-0.4, -0.2) is 50.7 Å². The van der Waals surface area contributed by atoms with E-state index in [0.29, 0.717) is 44.9 Å². The van der Waals surface area contributed by atoms with Gasteiger partial charge in [-0.15, -0.1) is 11.3 Å². The summed E-state index contributed by atoms with van der Waals surface area (Å²) in [6.07, 6.45) is 3.38. The van der Waals surface area contributed by atoms with Gasteiger partial charge in [-0.1, -0.05) is 75.4 Å². The summed E-state index contributed by atoms with van der Waals surface area (Å²) in [5.74, 6) is -3.03. The minimum Gasteiger partial charge on any atom is -0.481 e. The van der Waals surface area contributed by atoms with Crippen LogP contribution in [0.25, 0.3) is 33.6 Å². The minimum absolute atomic E-state index is 0.0152. The number of carbonyl (C=O) groups excluding carboxylic acids is 2. The average Bonchev–Trinajstić information content (AvgIpc) is 3.56. The van der Waals surface area contributed by atoms with Crippen LogP contribution in [0.3, 0.4) is 0 Å². The molecule has 1 aliphatic rings. The topological polar surface area (TPSA) is 100 Å². The number of carboxylic acids is 1. The predicted molar refractivity (Wildman–Crippen MR) is 185 cm³/mol. The SMILES string of the molecule is CC(C)(C)c1ccc(C(=O)C[C@@H](Cc2ccc(-c3ncc(-c4ccc(-c5ccccc5F)cc4F)cn3)cc2)C(=O)N2CC(C(=O)O)C2)s1. The van der Waals surface area contributed by atoms with E-state index in [1.807, 2.05) is 36.4 Å². The minimum atomic E-state index is -0.932. The fourth-order valence-corrected chi connectivity index (χ4v) is 6.85. The molecule has 0 spiro atoms. The predicted octanol–water partition coefficient (Wildman–Crippen LogP) is 8.09. The number of amides is 1. The van der Waals surface area contributed by atoms with Crippen molar-refractivity contribution in [2.75, 3.05) is 13.1 Å². The number of rotatable bonds is 10. The zero-order valence-corrected chi connectivity index (χ0v) is 28.1. The molecule has 3 heterocycles. The first-order chi connectivity index (χ1) is 23.4. The van der Waals surface area contributed by atoms with Crippen molar-refractivity contribution in [2.24, 2.45) is 11.8 Å². The number of Topliss-reactive ketones (excluding diaryl/α,β-unsaturated/α-hetero) is 1. The number of ketones is 1. The number of aromatic nitrogens is 2. The highest BCUT2D eigenvalue weighted by Crippen LogP contribution is 2.33. The zero-order valence-electron chi connectivity index (χ0n) is 27.3. The van der Waals surface area contributed by atoms with E-state index in [2.05, 4.69) is 30.7 Å². The third-order valence-corrected chi connectivity index (χ3v) is 10.3. The third-order valence-electron chi connectivity index (χ3n) is 8.75. The molecule has 0 saturated carbocycles. The van der Waals surface area contributed by atoms with Gasteiger partial charge < -0.3 is 10.0 Å². The second-order valence-corrected chi connectivity index (χ2v) is 14.5. The summed E-state index contributed by atoms with van der Waals surface area (Å²) in [5.41, 5.74) is 2.96. The Bertz CT molecular complexity index is 2010. The number of carbonyl (C=O) groups is 3. The molecule has 3 aromatic carbocycles. The van der Waals surface area contributed by atoms with E-state index >= 15 is 4.39 Å². The Morgan fingerprint density at radius 3 is 2.12 bits per heavy atom. The molecule has 0 aliphatic carbocycles. The van der Waals surface area contributed by atoms with E-state index in [4.69, 9.17) is 0 Å². The van der Waals surface area contributed by atoms with Gasteiger partial charge in [-0.25, -0.2) is 18.7 Å². The van der Waals surface area contributed by atoms with Crippen LogP contribution in [-0.2, 0) is 21.4 Å². The van der Waals surface area contributed by atoms with Crippen LogP contribution in [0.5, 0.6) is 0 Å². The standard InChI is InChI=1S/C39H35F2N3O4S/c1-39(2,3)35-15-14-34(49-35)33(45)18-26(37(46)44-21-28(22-44)38(47)48)16-23-8-10-24(11-9-23)36-42-19-27(20-43-36)30-13-12-25(17-32(30)41)29-6-4-5-7-31(29)40/h4-15,17,19-20,26,28H,16,18,21-22H2,1-3H3,(H,47,48)/t26-/m1/s1. The second kappa shape index (κ2) is 13.8. The number of thiophene rings is 1. The second-order valence-electron chi connectivity index (χ2n) is 13.4. The summed E-state index contributed by atoms with van der Waals surface area (Å²) in [7, 11) is 0. The van der Waals surface area contributed by atoms with E-state index < -0.39 is 29.4 Å². The molecule has 49 heavy (non-hydrogen) atoms. The first-order valence-electron chi connectivity index (χ1n) is 16.0. The van der Waals surface area contributed by atoms with E-state index in [1.54, 1.807) is 30.3 Å². The van der Waals surface area contributed by atoms with Gasteiger partial charge in [-0.3, -0.25) is 14.4 Å². The van der Waals surface area contributed by atoms with Gasteiger partial charge in [0.05, 0.1) is 10.8 Å². The van der Waals surface area contributed by atoms with Crippen molar-refractivity contribution in [3.8, 4) is 33.6 Å². The Kier molecular flexibility index (Phi) is 9.52. The number of aliphatic carboxylic acids is 1. The highest BCUT2D eigenvalue weighted by atomic mass is 32.1. The molecule has 5 aromatic rings. The lowest BCUT2D eigenvalue weighted by Gasteiger charge is -2.38. The van der Waals surface area contributed by atoms with Gasteiger partial charge in [0.25, 0.3) is 0 Å². The van der Waals surface area contributed by atoms with Crippen LogP contribution >= 0.6 is 11.3 Å². The van der Waals surface area contributed by atoms with Crippen molar-refractivity contribution in [3.05, 3.63) is 118 Å². The molecule has 0 unspecified atom stereocenters. The Hall–Kier alpha value is -5.09. The quantitative estimate of drug-likeness (QED) is 0.150. The molecule has 0 radical (unpaired) electrons. The first kappa shape index (κ1) is 33.8. The summed E-state index contributed by atoms with van der Waals surface area (Å²) in [5, 5.41) is 9.30. The van der Waals surface area contributed by atoms with Crippen molar-refractivity contribution in [3.63, 3.8) is 0 Å². The van der Waals surface area contributed by atoms with E-state index in [9.17, 15) is 23.9 Å².